The van der Waals surface area contributed by atoms with Crippen LogP contribution in [0.2, 0.25) is 0 Å². The van der Waals surface area contributed by atoms with Crippen molar-refractivity contribution in [2.24, 2.45) is 5.92 Å². The summed E-state index contributed by atoms with van der Waals surface area (Å²) in [5.41, 5.74) is -0.797. The largest absolute Gasteiger partial charge is 0.490 e. The fourth-order valence-corrected chi connectivity index (χ4v) is 8.03. The summed E-state index contributed by atoms with van der Waals surface area (Å²) < 4.78 is 99.2. The summed E-state index contributed by atoms with van der Waals surface area (Å²) >= 11 is 0. The summed E-state index contributed by atoms with van der Waals surface area (Å²) in [7, 11) is -1.54. The molecule has 5 rings (SSSR count). The zero-order valence-corrected chi connectivity index (χ0v) is 26.7. The van der Waals surface area contributed by atoms with E-state index < -0.39 is 39.6 Å². The van der Waals surface area contributed by atoms with Gasteiger partial charge in [-0.15, -0.1) is 0 Å². The van der Waals surface area contributed by atoms with Crippen LogP contribution in [0.15, 0.2) is 53.4 Å². The SMILES string of the molecule is CC(C)N(C)[C@@H]1CC[C@H](N2CCC(c3nc4c(C(F)(F)F)cccc4[nH]3)C2=O)[C@H](CS(=O)(=O)c2ccccc2)C1.O=C(O)C(F)(F)F. The second-order valence-corrected chi connectivity index (χ2v) is 14.2. The van der Waals surface area contributed by atoms with Gasteiger partial charge in [-0.25, -0.2) is 18.2 Å². The molecule has 2 heterocycles. The first-order valence-corrected chi connectivity index (χ1v) is 16.6. The molecule has 258 valence electrons. The molecule has 1 saturated carbocycles. The second kappa shape index (κ2) is 13.8. The number of carbonyl (C=O) groups is 2. The third kappa shape index (κ3) is 8.26. The van der Waals surface area contributed by atoms with Crippen LogP contribution in [0.4, 0.5) is 26.3 Å². The molecule has 1 amide bonds. The number of aromatic amines is 1. The van der Waals surface area contributed by atoms with Crippen molar-refractivity contribution in [1.82, 2.24) is 19.8 Å². The van der Waals surface area contributed by atoms with Crippen LogP contribution in [0.3, 0.4) is 0 Å². The molecule has 1 unspecified atom stereocenters. The number of sulfone groups is 1. The average molecular weight is 691 g/mol. The quantitative estimate of drug-likeness (QED) is 0.297. The molecule has 47 heavy (non-hydrogen) atoms. The van der Waals surface area contributed by atoms with Gasteiger partial charge in [0, 0.05) is 24.7 Å². The van der Waals surface area contributed by atoms with Crippen LogP contribution >= 0.6 is 0 Å². The molecule has 0 radical (unpaired) electrons. The minimum atomic E-state index is -5.08. The molecule has 0 bridgehead atoms. The molecule has 2 N–H and O–H groups in total. The number of para-hydroxylation sites is 1. The van der Waals surface area contributed by atoms with Crippen LogP contribution in [0.25, 0.3) is 11.0 Å². The minimum Gasteiger partial charge on any atom is -0.475 e. The fourth-order valence-electron chi connectivity index (χ4n) is 6.34. The molecule has 1 saturated heterocycles. The molecule has 2 aromatic carbocycles. The highest BCUT2D eigenvalue weighted by atomic mass is 32.2. The Kier molecular flexibility index (Phi) is 10.6. The lowest BCUT2D eigenvalue weighted by Gasteiger charge is -2.44. The van der Waals surface area contributed by atoms with Crippen molar-refractivity contribution in [1.29, 1.82) is 0 Å². The third-order valence-corrected chi connectivity index (χ3v) is 10.7. The maximum absolute atomic E-state index is 13.8. The van der Waals surface area contributed by atoms with Crippen molar-refractivity contribution < 1.29 is 49.5 Å². The first-order chi connectivity index (χ1) is 21.8. The van der Waals surface area contributed by atoms with E-state index in [-0.39, 0.29) is 51.4 Å². The van der Waals surface area contributed by atoms with Gasteiger partial charge in [0.05, 0.1) is 27.6 Å². The third-order valence-electron chi connectivity index (χ3n) is 8.89. The van der Waals surface area contributed by atoms with E-state index >= 15 is 0 Å². The molecule has 2 aliphatic rings. The number of amides is 1. The maximum atomic E-state index is 13.8. The molecule has 2 fully saturated rings. The van der Waals surface area contributed by atoms with Gasteiger partial charge in [0.25, 0.3) is 0 Å². The van der Waals surface area contributed by atoms with Gasteiger partial charge < -0.3 is 19.9 Å². The Bertz CT molecular complexity index is 1680. The van der Waals surface area contributed by atoms with Gasteiger partial charge in [0.2, 0.25) is 5.91 Å². The lowest BCUT2D eigenvalue weighted by Crippen LogP contribution is -2.51. The van der Waals surface area contributed by atoms with Gasteiger partial charge in [-0.2, -0.15) is 26.3 Å². The van der Waals surface area contributed by atoms with Crippen LogP contribution in [-0.4, -0.2) is 88.8 Å². The van der Waals surface area contributed by atoms with Gasteiger partial charge in [-0.05, 0) is 76.8 Å². The number of likely N-dealkylation sites (tertiary alicyclic amines) is 1. The van der Waals surface area contributed by atoms with E-state index in [1.165, 1.54) is 12.1 Å². The number of H-pyrrole nitrogens is 1. The smallest absolute Gasteiger partial charge is 0.475 e. The van der Waals surface area contributed by atoms with Crippen molar-refractivity contribution in [3.05, 3.63) is 59.9 Å². The standard InChI is InChI=1S/C29H35F3N4O3S.C2HF3O2/c1-18(2)35(3)20-12-13-25(19(16-20)17-40(38,39)21-8-5-4-6-9-21)36-15-14-22(28(36)37)27-33-24-11-7-10-23(26(24)34-27)29(30,31)32;3-2(4,5)1(6)7/h4-11,18-20,22,25H,12-17H2,1-3H3,(H,33,34);(H,6,7)/t19-,20+,22?,25-;/m0./s1. The van der Waals surface area contributed by atoms with Crippen molar-refractivity contribution >= 4 is 32.7 Å². The number of nitrogens with one attached hydrogen (secondary N) is 1. The van der Waals surface area contributed by atoms with Gasteiger partial charge in [0.15, 0.2) is 9.84 Å². The second-order valence-electron chi connectivity index (χ2n) is 12.1. The van der Waals surface area contributed by atoms with E-state index in [4.69, 9.17) is 9.90 Å². The van der Waals surface area contributed by atoms with Crippen molar-refractivity contribution in [3.63, 3.8) is 0 Å². The number of fused-ring (bicyclic) bond motifs is 1. The van der Waals surface area contributed by atoms with E-state index in [0.717, 1.165) is 12.5 Å². The predicted molar refractivity (Wildman–Crippen MR) is 160 cm³/mol. The molecule has 1 aliphatic heterocycles. The number of carboxylic acid groups (broad SMARTS) is 1. The first kappa shape index (κ1) is 36.2. The Morgan fingerprint density at radius 3 is 2.26 bits per heavy atom. The number of alkyl halides is 6. The summed E-state index contributed by atoms with van der Waals surface area (Å²) in [5, 5.41) is 7.12. The highest BCUT2D eigenvalue weighted by Gasteiger charge is 2.45. The van der Waals surface area contributed by atoms with E-state index in [1.807, 2.05) is 7.05 Å². The molecule has 1 aliphatic carbocycles. The van der Waals surface area contributed by atoms with E-state index in [1.54, 1.807) is 35.2 Å². The molecule has 1 aromatic heterocycles. The summed E-state index contributed by atoms with van der Waals surface area (Å²) in [6, 6.07) is 12.4. The lowest BCUT2D eigenvalue weighted by molar-refractivity contribution is -0.192. The fraction of sp³-hybridized carbons (Fsp3) is 0.516. The highest BCUT2D eigenvalue weighted by molar-refractivity contribution is 7.91. The van der Waals surface area contributed by atoms with E-state index in [0.29, 0.717) is 31.8 Å². The topological polar surface area (TPSA) is 124 Å². The number of aliphatic carboxylic acids is 1. The maximum Gasteiger partial charge on any atom is 0.490 e. The number of nitrogens with zero attached hydrogens (tertiary/aromatic N) is 3. The monoisotopic (exact) mass is 690 g/mol. The van der Waals surface area contributed by atoms with Crippen LogP contribution in [0.1, 0.15) is 56.8 Å². The normalized spacial score (nSPS) is 22.5. The zero-order valence-electron chi connectivity index (χ0n) is 25.8. The van der Waals surface area contributed by atoms with Gasteiger partial charge in [-0.3, -0.25) is 4.79 Å². The Morgan fingerprint density at radius 2 is 1.68 bits per heavy atom. The minimum absolute atomic E-state index is 0.0713. The summed E-state index contributed by atoms with van der Waals surface area (Å²) in [4.78, 5) is 34.1. The van der Waals surface area contributed by atoms with E-state index in [2.05, 4.69) is 28.7 Å². The number of halogens is 6. The molecule has 9 nitrogen and oxygen atoms in total. The van der Waals surface area contributed by atoms with Gasteiger partial charge >= 0.3 is 18.3 Å². The number of imidazole rings is 1. The van der Waals surface area contributed by atoms with Crippen molar-refractivity contribution in [2.75, 3.05) is 19.3 Å². The molecule has 3 aromatic rings. The highest BCUT2D eigenvalue weighted by Crippen LogP contribution is 2.40. The molecule has 4 atom stereocenters. The lowest BCUT2D eigenvalue weighted by atomic mass is 9.81. The number of hydrogen-bond acceptors (Lipinski definition) is 6. The molecular weight excluding hydrogens is 654 g/mol. The van der Waals surface area contributed by atoms with Crippen molar-refractivity contribution in [3.8, 4) is 0 Å². The Hall–Kier alpha value is -3.66. The molecular formula is C31H36F6N4O5S. The Labute approximate surface area is 267 Å². The summed E-state index contributed by atoms with van der Waals surface area (Å²) in [6.45, 7) is 4.62. The van der Waals surface area contributed by atoms with Crippen molar-refractivity contribution in [2.45, 2.75) is 80.8 Å². The number of aromatic nitrogens is 2. The predicted octanol–water partition coefficient (Wildman–Crippen LogP) is 5.88. The van der Waals surface area contributed by atoms with Gasteiger partial charge in [0.1, 0.15) is 11.3 Å². The molecule has 0 spiro atoms. The Morgan fingerprint density at radius 1 is 1.04 bits per heavy atom. The average Bonchev–Trinajstić information content (AvgIpc) is 3.59. The zero-order chi connectivity index (χ0) is 34.9. The van der Waals surface area contributed by atoms with Gasteiger partial charge in [-0.1, -0.05) is 24.3 Å². The van der Waals surface area contributed by atoms with Crippen LogP contribution in [0.5, 0.6) is 0 Å². The number of rotatable bonds is 7. The number of hydrogen-bond donors (Lipinski definition) is 2. The number of benzene rings is 2. The number of carbonyl (C=O) groups excluding carboxylic acids is 1. The first-order valence-electron chi connectivity index (χ1n) is 15.0. The van der Waals surface area contributed by atoms with Crippen LogP contribution in [0, 0.1) is 5.92 Å². The summed E-state index contributed by atoms with van der Waals surface area (Å²) in [6.07, 6.45) is -7.11. The summed E-state index contributed by atoms with van der Waals surface area (Å²) in [5.74, 6) is -3.79. The van der Waals surface area contributed by atoms with Crippen LogP contribution < -0.4 is 0 Å². The van der Waals surface area contributed by atoms with E-state index in [9.17, 15) is 39.6 Å². The number of carboxylic acids is 1. The molecule has 16 heteroatoms. The Balaban J connectivity index is 0.000000644. The van der Waals surface area contributed by atoms with Crippen LogP contribution in [-0.2, 0) is 25.6 Å².